The summed E-state index contributed by atoms with van der Waals surface area (Å²) in [6, 6.07) is 12.9. The van der Waals surface area contributed by atoms with Crippen molar-refractivity contribution in [3.05, 3.63) is 88.0 Å². The molecule has 0 radical (unpaired) electrons. The molecule has 9 nitrogen and oxygen atoms in total. The Hall–Kier alpha value is -4.86. The van der Waals surface area contributed by atoms with E-state index in [0.717, 1.165) is 12.1 Å². The number of hydrogen-bond acceptors (Lipinski definition) is 7. The van der Waals surface area contributed by atoms with Gasteiger partial charge in [0.1, 0.15) is 12.4 Å². The molecule has 0 aliphatic carbocycles. The SMILES string of the molecule is COc1cc2c(=O)c(C(=O)c3ccc(F)cc3)cn(CC(=O)Nc3ccc4c(c3)OCO4)c2cc1OC. The van der Waals surface area contributed by atoms with Crippen LogP contribution in [0, 0.1) is 5.82 Å². The van der Waals surface area contributed by atoms with Crippen LogP contribution in [0.25, 0.3) is 10.9 Å². The van der Waals surface area contributed by atoms with Crippen LogP contribution in [0.2, 0.25) is 0 Å². The van der Waals surface area contributed by atoms with E-state index in [0.29, 0.717) is 28.5 Å². The van der Waals surface area contributed by atoms with Gasteiger partial charge in [-0.25, -0.2) is 4.39 Å². The zero-order valence-electron chi connectivity index (χ0n) is 19.9. The number of anilines is 1. The maximum absolute atomic E-state index is 13.4. The van der Waals surface area contributed by atoms with Crippen LogP contribution in [-0.4, -0.2) is 37.3 Å². The number of ether oxygens (including phenoxy) is 4. The molecule has 37 heavy (non-hydrogen) atoms. The number of carbonyl (C=O) groups is 2. The minimum absolute atomic E-state index is 0.103. The molecule has 188 valence electrons. The summed E-state index contributed by atoms with van der Waals surface area (Å²) in [7, 11) is 2.87. The van der Waals surface area contributed by atoms with Gasteiger partial charge in [0.25, 0.3) is 0 Å². The lowest BCUT2D eigenvalue weighted by Crippen LogP contribution is -2.24. The predicted octanol–water partition coefficient (Wildman–Crippen LogP) is 3.76. The highest BCUT2D eigenvalue weighted by Crippen LogP contribution is 2.34. The van der Waals surface area contributed by atoms with Crippen molar-refractivity contribution in [1.29, 1.82) is 0 Å². The second kappa shape index (κ2) is 9.65. The van der Waals surface area contributed by atoms with Crippen molar-refractivity contribution < 1.29 is 32.9 Å². The van der Waals surface area contributed by atoms with E-state index >= 15 is 0 Å². The number of carbonyl (C=O) groups excluding carboxylic acids is 2. The molecule has 4 aromatic rings. The number of nitrogens with zero attached hydrogens (tertiary/aromatic N) is 1. The number of aromatic nitrogens is 1. The van der Waals surface area contributed by atoms with E-state index in [9.17, 15) is 18.8 Å². The van der Waals surface area contributed by atoms with Crippen molar-refractivity contribution in [3.63, 3.8) is 0 Å². The Bertz CT molecular complexity index is 1600. The smallest absolute Gasteiger partial charge is 0.244 e. The summed E-state index contributed by atoms with van der Waals surface area (Å²) < 4.78 is 36.2. The number of methoxy groups -OCH3 is 2. The third-order valence-corrected chi connectivity index (χ3v) is 5.91. The Morgan fingerprint density at radius 2 is 1.68 bits per heavy atom. The first-order valence-corrected chi connectivity index (χ1v) is 11.2. The number of fused-ring (bicyclic) bond motifs is 2. The zero-order valence-corrected chi connectivity index (χ0v) is 19.9. The average Bonchev–Trinajstić information content (AvgIpc) is 3.37. The normalized spacial score (nSPS) is 11.9. The number of hydrogen-bond donors (Lipinski definition) is 1. The van der Waals surface area contributed by atoms with Crippen molar-refractivity contribution in [1.82, 2.24) is 4.57 Å². The van der Waals surface area contributed by atoms with Crippen LogP contribution in [-0.2, 0) is 11.3 Å². The van der Waals surface area contributed by atoms with Crippen molar-refractivity contribution >= 4 is 28.3 Å². The van der Waals surface area contributed by atoms with Gasteiger partial charge in [-0.3, -0.25) is 14.4 Å². The van der Waals surface area contributed by atoms with Crippen LogP contribution in [0.1, 0.15) is 15.9 Å². The predicted molar refractivity (Wildman–Crippen MR) is 132 cm³/mol. The summed E-state index contributed by atoms with van der Waals surface area (Å²) in [6.45, 7) is -0.128. The van der Waals surface area contributed by atoms with Gasteiger partial charge < -0.3 is 28.8 Å². The van der Waals surface area contributed by atoms with E-state index in [1.807, 2.05) is 0 Å². The highest BCUT2D eigenvalue weighted by Gasteiger charge is 2.21. The standard InChI is InChI=1S/C27H21FN2O7/c1-34-22-10-18-20(11-23(22)35-2)30(12-19(27(18)33)26(32)15-3-5-16(28)6-4-15)13-25(31)29-17-7-8-21-24(9-17)37-14-36-21/h3-12H,13-14H2,1-2H3,(H,29,31). The fourth-order valence-corrected chi connectivity index (χ4v) is 4.10. The van der Waals surface area contributed by atoms with Crippen molar-refractivity contribution in [2.24, 2.45) is 0 Å². The zero-order chi connectivity index (χ0) is 26.1. The molecule has 1 aliphatic rings. The van der Waals surface area contributed by atoms with E-state index in [1.54, 1.807) is 24.3 Å². The number of amides is 1. The molecule has 0 saturated carbocycles. The summed E-state index contributed by atoms with van der Waals surface area (Å²) in [5.74, 6) is 0.187. The lowest BCUT2D eigenvalue weighted by molar-refractivity contribution is -0.116. The van der Waals surface area contributed by atoms with Gasteiger partial charge in [0.05, 0.1) is 30.7 Å². The monoisotopic (exact) mass is 504 g/mol. The molecule has 0 saturated heterocycles. The van der Waals surface area contributed by atoms with Crippen LogP contribution in [0.15, 0.2) is 65.6 Å². The average molecular weight is 504 g/mol. The van der Waals surface area contributed by atoms with Crippen LogP contribution in [0.3, 0.4) is 0 Å². The maximum Gasteiger partial charge on any atom is 0.244 e. The van der Waals surface area contributed by atoms with Gasteiger partial charge in [0.2, 0.25) is 18.1 Å². The number of ketones is 1. The number of nitrogens with one attached hydrogen (secondary N) is 1. The minimum atomic E-state index is -0.605. The Morgan fingerprint density at radius 1 is 0.973 bits per heavy atom. The second-order valence-corrected chi connectivity index (χ2v) is 8.18. The summed E-state index contributed by atoms with van der Waals surface area (Å²) >= 11 is 0. The third-order valence-electron chi connectivity index (χ3n) is 5.91. The molecule has 0 spiro atoms. The highest BCUT2D eigenvalue weighted by atomic mass is 19.1. The van der Waals surface area contributed by atoms with Crippen molar-refractivity contribution in [2.45, 2.75) is 6.54 Å². The Balaban J connectivity index is 1.57. The van der Waals surface area contributed by atoms with Gasteiger partial charge >= 0.3 is 0 Å². The van der Waals surface area contributed by atoms with Crippen molar-refractivity contribution in [3.8, 4) is 23.0 Å². The molecule has 1 aliphatic heterocycles. The summed E-state index contributed by atoms with van der Waals surface area (Å²) in [5, 5.41) is 2.94. The molecule has 0 fully saturated rings. The number of pyridine rings is 1. The highest BCUT2D eigenvalue weighted by molar-refractivity contribution is 6.10. The molecule has 5 rings (SSSR count). The molecule has 10 heteroatoms. The van der Waals surface area contributed by atoms with E-state index in [-0.39, 0.29) is 35.6 Å². The largest absolute Gasteiger partial charge is 0.493 e. The third kappa shape index (κ3) is 4.56. The van der Waals surface area contributed by atoms with E-state index in [1.165, 1.54) is 43.2 Å². The first kappa shape index (κ1) is 23.9. The Kier molecular flexibility index (Phi) is 6.22. The van der Waals surface area contributed by atoms with E-state index in [4.69, 9.17) is 18.9 Å². The fourth-order valence-electron chi connectivity index (χ4n) is 4.10. The second-order valence-electron chi connectivity index (χ2n) is 8.18. The molecule has 3 aromatic carbocycles. The molecule has 0 atom stereocenters. The maximum atomic E-state index is 13.4. The molecule has 1 N–H and O–H groups in total. The van der Waals surface area contributed by atoms with E-state index in [2.05, 4.69) is 5.32 Å². The fraction of sp³-hybridized carbons (Fsp3) is 0.148. The number of benzene rings is 3. The van der Waals surface area contributed by atoms with Crippen LogP contribution in [0.5, 0.6) is 23.0 Å². The molecule has 1 amide bonds. The number of rotatable bonds is 7. The lowest BCUT2D eigenvalue weighted by Gasteiger charge is -2.16. The molecule has 1 aromatic heterocycles. The van der Waals surface area contributed by atoms with Crippen LogP contribution in [0.4, 0.5) is 10.1 Å². The van der Waals surface area contributed by atoms with Gasteiger partial charge in [0.15, 0.2) is 28.8 Å². The minimum Gasteiger partial charge on any atom is -0.493 e. The van der Waals surface area contributed by atoms with Gasteiger partial charge in [-0.05, 0) is 42.5 Å². The van der Waals surface area contributed by atoms with Gasteiger partial charge in [0, 0.05) is 29.6 Å². The molecule has 0 bridgehead atoms. The Morgan fingerprint density at radius 3 is 2.41 bits per heavy atom. The Labute approximate surface area is 209 Å². The van der Waals surface area contributed by atoms with Gasteiger partial charge in [-0.2, -0.15) is 0 Å². The topological polar surface area (TPSA) is 105 Å². The summed E-state index contributed by atoms with van der Waals surface area (Å²) in [4.78, 5) is 39.6. The van der Waals surface area contributed by atoms with Crippen LogP contribution < -0.4 is 29.7 Å². The molecule has 2 heterocycles. The van der Waals surface area contributed by atoms with Gasteiger partial charge in [-0.1, -0.05) is 0 Å². The summed E-state index contributed by atoms with van der Waals surface area (Å²) in [5.41, 5.74) is 0.246. The molecule has 0 unspecified atom stereocenters. The first-order valence-electron chi connectivity index (χ1n) is 11.2. The van der Waals surface area contributed by atoms with Crippen molar-refractivity contribution in [2.75, 3.05) is 26.3 Å². The molecular formula is C27H21FN2O7. The molecular weight excluding hydrogens is 483 g/mol. The van der Waals surface area contributed by atoms with Gasteiger partial charge in [-0.15, -0.1) is 0 Å². The number of halogens is 1. The first-order chi connectivity index (χ1) is 17.9. The summed E-state index contributed by atoms with van der Waals surface area (Å²) in [6.07, 6.45) is 1.32. The lowest BCUT2D eigenvalue weighted by atomic mass is 10.0. The van der Waals surface area contributed by atoms with Crippen LogP contribution >= 0.6 is 0 Å². The van der Waals surface area contributed by atoms with E-state index < -0.39 is 22.9 Å². The quantitative estimate of drug-likeness (QED) is 0.382.